The van der Waals surface area contributed by atoms with Crippen molar-refractivity contribution in [3.63, 3.8) is 0 Å². The second-order valence-corrected chi connectivity index (χ2v) is 5.08. The average molecular weight is 265 g/mol. The highest BCUT2D eigenvalue weighted by molar-refractivity contribution is 7.98. The number of rotatable bonds is 4. The van der Waals surface area contributed by atoms with E-state index >= 15 is 0 Å². The van der Waals surface area contributed by atoms with Gasteiger partial charge in [0.05, 0.1) is 18.9 Å². The number of carbonyl (C=O) groups is 1. The van der Waals surface area contributed by atoms with E-state index in [1.54, 1.807) is 11.8 Å². The van der Waals surface area contributed by atoms with Crippen LogP contribution in [0.3, 0.4) is 0 Å². The minimum Gasteiger partial charge on any atom is -0.378 e. The van der Waals surface area contributed by atoms with E-state index in [0.717, 1.165) is 37.6 Å². The van der Waals surface area contributed by atoms with Crippen molar-refractivity contribution in [3.05, 3.63) is 23.8 Å². The van der Waals surface area contributed by atoms with E-state index in [1.807, 2.05) is 19.1 Å². The Morgan fingerprint density at radius 2 is 2.11 bits per heavy atom. The summed E-state index contributed by atoms with van der Waals surface area (Å²) in [5, 5.41) is 0. The Labute approximate surface area is 113 Å². The number of carbonyl (C=O) groups excluding carboxylic acids is 1. The summed E-state index contributed by atoms with van der Waals surface area (Å²) < 4.78 is 5.39. The number of hydrogen-bond acceptors (Lipinski definition) is 4. The van der Waals surface area contributed by atoms with Gasteiger partial charge in [-0.1, -0.05) is 13.0 Å². The minimum absolute atomic E-state index is 0.215. The molecule has 0 amide bonds. The Morgan fingerprint density at radius 3 is 2.72 bits per heavy atom. The Kier molecular flexibility index (Phi) is 4.66. The molecule has 0 atom stereocenters. The predicted octanol–water partition coefficient (Wildman–Crippen LogP) is 2.84. The second-order valence-electron chi connectivity index (χ2n) is 4.23. The van der Waals surface area contributed by atoms with Crippen LogP contribution in [0.15, 0.2) is 23.1 Å². The van der Waals surface area contributed by atoms with Gasteiger partial charge in [0.15, 0.2) is 5.78 Å². The van der Waals surface area contributed by atoms with Crippen molar-refractivity contribution in [2.75, 3.05) is 37.5 Å². The summed E-state index contributed by atoms with van der Waals surface area (Å²) in [6, 6.07) is 6.00. The van der Waals surface area contributed by atoms with Gasteiger partial charge in [0.25, 0.3) is 0 Å². The first-order valence-electron chi connectivity index (χ1n) is 6.30. The van der Waals surface area contributed by atoms with Gasteiger partial charge >= 0.3 is 0 Å². The summed E-state index contributed by atoms with van der Waals surface area (Å²) >= 11 is 1.70. The van der Waals surface area contributed by atoms with Crippen molar-refractivity contribution in [3.8, 4) is 0 Å². The first kappa shape index (κ1) is 13.4. The van der Waals surface area contributed by atoms with Crippen molar-refractivity contribution in [1.29, 1.82) is 0 Å². The van der Waals surface area contributed by atoms with Gasteiger partial charge in [-0.2, -0.15) is 0 Å². The Hall–Kier alpha value is -1.00. The monoisotopic (exact) mass is 265 g/mol. The first-order chi connectivity index (χ1) is 8.77. The fourth-order valence-electron chi connectivity index (χ4n) is 2.22. The van der Waals surface area contributed by atoms with Crippen LogP contribution in [0.1, 0.15) is 23.7 Å². The molecule has 0 bridgehead atoms. The molecule has 4 heteroatoms. The maximum Gasteiger partial charge on any atom is 0.164 e. The van der Waals surface area contributed by atoms with E-state index in [4.69, 9.17) is 4.74 Å². The summed E-state index contributed by atoms with van der Waals surface area (Å²) in [6.45, 7) is 5.12. The van der Waals surface area contributed by atoms with Crippen LogP contribution >= 0.6 is 11.8 Å². The maximum atomic E-state index is 12.1. The van der Waals surface area contributed by atoms with Crippen LogP contribution in [0.5, 0.6) is 0 Å². The van der Waals surface area contributed by atoms with E-state index < -0.39 is 0 Å². The lowest BCUT2D eigenvalue weighted by Gasteiger charge is -2.31. The summed E-state index contributed by atoms with van der Waals surface area (Å²) in [7, 11) is 0. The van der Waals surface area contributed by atoms with Crippen molar-refractivity contribution in [1.82, 2.24) is 0 Å². The number of Topliss-reactive ketones (excluding diaryl/α,β-unsaturated/α-hetero) is 1. The number of nitrogens with zero attached hydrogens (tertiary/aromatic N) is 1. The number of thioether (sulfide) groups is 1. The number of ketones is 1. The van der Waals surface area contributed by atoms with Crippen LogP contribution in [-0.2, 0) is 4.74 Å². The largest absolute Gasteiger partial charge is 0.378 e. The van der Waals surface area contributed by atoms with Crippen LogP contribution < -0.4 is 4.90 Å². The normalized spacial score (nSPS) is 15.8. The Morgan fingerprint density at radius 1 is 1.39 bits per heavy atom. The SMILES string of the molecule is CCC(=O)c1cccc(SC)c1N1CCOCC1. The van der Waals surface area contributed by atoms with E-state index in [0.29, 0.717) is 6.42 Å². The van der Waals surface area contributed by atoms with Gasteiger partial charge < -0.3 is 9.64 Å². The average Bonchev–Trinajstić information content (AvgIpc) is 2.46. The maximum absolute atomic E-state index is 12.1. The third-order valence-electron chi connectivity index (χ3n) is 3.17. The molecule has 0 radical (unpaired) electrons. The van der Waals surface area contributed by atoms with Gasteiger partial charge in [-0.25, -0.2) is 0 Å². The molecular formula is C14H19NO2S. The molecule has 1 aromatic carbocycles. The highest BCUT2D eigenvalue weighted by Gasteiger charge is 2.20. The standard InChI is InChI=1S/C14H19NO2S/c1-3-12(16)11-5-4-6-13(18-2)14(11)15-7-9-17-10-8-15/h4-6H,3,7-10H2,1-2H3. The fourth-order valence-corrected chi connectivity index (χ4v) is 2.86. The quantitative estimate of drug-likeness (QED) is 0.618. The van der Waals surface area contributed by atoms with Gasteiger partial charge in [0, 0.05) is 30.0 Å². The second kappa shape index (κ2) is 6.25. The summed E-state index contributed by atoms with van der Waals surface area (Å²) in [6.07, 6.45) is 2.61. The molecule has 1 aliphatic heterocycles. The van der Waals surface area contributed by atoms with E-state index in [9.17, 15) is 4.79 Å². The molecule has 0 aromatic heterocycles. The minimum atomic E-state index is 0.215. The zero-order valence-electron chi connectivity index (χ0n) is 10.9. The number of ether oxygens (including phenoxy) is 1. The molecule has 1 aliphatic rings. The Bertz CT molecular complexity index is 428. The summed E-state index contributed by atoms with van der Waals surface area (Å²) in [5.41, 5.74) is 1.95. The summed E-state index contributed by atoms with van der Waals surface area (Å²) in [5.74, 6) is 0.215. The smallest absolute Gasteiger partial charge is 0.164 e. The predicted molar refractivity (Wildman–Crippen MR) is 75.9 cm³/mol. The van der Waals surface area contributed by atoms with Gasteiger partial charge in [-0.3, -0.25) is 4.79 Å². The topological polar surface area (TPSA) is 29.5 Å². The van der Waals surface area contributed by atoms with Gasteiger partial charge in [0.2, 0.25) is 0 Å². The highest BCUT2D eigenvalue weighted by Crippen LogP contribution is 2.33. The molecule has 0 unspecified atom stereocenters. The van der Waals surface area contributed by atoms with E-state index in [2.05, 4.69) is 17.2 Å². The van der Waals surface area contributed by atoms with Crippen LogP contribution in [0.4, 0.5) is 5.69 Å². The molecule has 18 heavy (non-hydrogen) atoms. The van der Waals surface area contributed by atoms with E-state index in [1.165, 1.54) is 4.90 Å². The van der Waals surface area contributed by atoms with Crippen LogP contribution in [0.25, 0.3) is 0 Å². The molecule has 0 saturated carbocycles. The van der Waals surface area contributed by atoms with Gasteiger partial charge in [-0.05, 0) is 18.4 Å². The molecule has 1 heterocycles. The number of para-hydroxylation sites is 1. The molecule has 1 fully saturated rings. The van der Waals surface area contributed by atoms with Crippen molar-refractivity contribution in [2.24, 2.45) is 0 Å². The Balaban J connectivity index is 2.42. The number of benzene rings is 1. The van der Waals surface area contributed by atoms with E-state index in [-0.39, 0.29) is 5.78 Å². The zero-order chi connectivity index (χ0) is 13.0. The lowest BCUT2D eigenvalue weighted by Crippen LogP contribution is -2.37. The molecule has 98 valence electrons. The lowest BCUT2D eigenvalue weighted by atomic mass is 10.1. The van der Waals surface area contributed by atoms with Crippen LogP contribution in [0, 0.1) is 0 Å². The molecule has 1 saturated heterocycles. The fraction of sp³-hybridized carbons (Fsp3) is 0.500. The molecule has 0 spiro atoms. The molecule has 1 aromatic rings. The third-order valence-corrected chi connectivity index (χ3v) is 3.94. The zero-order valence-corrected chi connectivity index (χ0v) is 11.8. The van der Waals surface area contributed by atoms with Gasteiger partial charge in [0.1, 0.15) is 0 Å². The molecule has 3 nitrogen and oxygen atoms in total. The first-order valence-corrected chi connectivity index (χ1v) is 7.53. The van der Waals surface area contributed by atoms with Crippen molar-refractivity contribution >= 4 is 23.2 Å². The van der Waals surface area contributed by atoms with Gasteiger partial charge in [-0.15, -0.1) is 11.8 Å². The molecule has 0 N–H and O–H groups in total. The van der Waals surface area contributed by atoms with Crippen molar-refractivity contribution < 1.29 is 9.53 Å². The summed E-state index contributed by atoms with van der Waals surface area (Å²) in [4.78, 5) is 15.5. The molecular weight excluding hydrogens is 246 g/mol. The third kappa shape index (κ3) is 2.70. The molecule has 0 aliphatic carbocycles. The highest BCUT2D eigenvalue weighted by atomic mass is 32.2. The lowest BCUT2D eigenvalue weighted by molar-refractivity contribution is 0.0986. The van der Waals surface area contributed by atoms with Crippen LogP contribution in [0.2, 0.25) is 0 Å². The van der Waals surface area contributed by atoms with Crippen LogP contribution in [-0.4, -0.2) is 38.3 Å². The number of anilines is 1. The number of hydrogen-bond donors (Lipinski definition) is 0. The molecule has 2 rings (SSSR count). The van der Waals surface area contributed by atoms with Crippen molar-refractivity contribution in [2.45, 2.75) is 18.2 Å². The number of morpholine rings is 1.